The quantitative estimate of drug-likeness (QED) is 0.122. The molecular weight excluding hydrogens is 520 g/mol. The van der Waals surface area contributed by atoms with Gasteiger partial charge in [-0.3, -0.25) is 0 Å². The highest BCUT2D eigenvalue weighted by Crippen LogP contribution is 2.37. The molecule has 4 nitrogen and oxygen atoms in total. The smallest absolute Gasteiger partial charge is 0.343 e. The molecule has 0 saturated heterocycles. The number of hydrogen-bond donors (Lipinski definition) is 0. The molecule has 4 aromatic carbocycles. The molecule has 0 atom stereocenters. The Hall–Kier alpha value is -4.44. The average Bonchev–Trinajstić information content (AvgIpc) is 2.95. The summed E-state index contributed by atoms with van der Waals surface area (Å²) in [5.41, 5.74) is 10.4. The molecule has 42 heavy (non-hydrogen) atoms. The topological polar surface area (TPSA) is 52.6 Å². The van der Waals surface area contributed by atoms with E-state index >= 15 is 0 Å². The Labute approximate surface area is 250 Å². The minimum atomic E-state index is -0.518. The van der Waals surface area contributed by atoms with E-state index in [4.69, 9.17) is 9.47 Å². The van der Waals surface area contributed by atoms with Crippen molar-refractivity contribution in [2.24, 2.45) is 0 Å². The van der Waals surface area contributed by atoms with E-state index < -0.39 is 11.9 Å². The molecule has 4 heteroatoms. The molecule has 0 amide bonds. The van der Waals surface area contributed by atoms with Crippen molar-refractivity contribution >= 4 is 23.5 Å². The number of ether oxygens (including phenoxy) is 2. The summed E-state index contributed by atoms with van der Waals surface area (Å²) in [7, 11) is 0. The van der Waals surface area contributed by atoms with Crippen molar-refractivity contribution in [3.63, 3.8) is 0 Å². The van der Waals surface area contributed by atoms with Gasteiger partial charge in [0.2, 0.25) is 0 Å². The van der Waals surface area contributed by atoms with Gasteiger partial charge in [0.25, 0.3) is 0 Å². The van der Waals surface area contributed by atoms with Crippen LogP contribution in [0.3, 0.4) is 0 Å². The number of carbonyl (C=O) groups is 2. The highest BCUT2D eigenvalue weighted by Gasteiger charge is 2.27. The van der Waals surface area contributed by atoms with Crippen LogP contribution in [-0.2, 0) is 22.3 Å². The molecular formula is C38H40O4. The first-order valence-electron chi connectivity index (χ1n) is 14.5. The number of esters is 2. The molecule has 0 radical (unpaired) electrons. The second kappa shape index (κ2) is 13.0. The van der Waals surface area contributed by atoms with Gasteiger partial charge < -0.3 is 9.47 Å². The number of rotatable bonds is 8. The predicted octanol–water partition coefficient (Wildman–Crippen LogP) is 9.20. The van der Waals surface area contributed by atoms with Crippen molar-refractivity contribution in [3.05, 3.63) is 140 Å². The fourth-order valence-electron chi connectivity index (χ4n) is 5.55. The number of aryl methyl sites for hydroxylation is 8. The maximum absolute atomic E-state index is 13.7. The van der Waals surface area contributed by atoms with E-state index in [1.54, 1.807) is 24.3 Å². The largest absolute Gasteiger partial charge is 0.418 e. The summed E-state index contributed by atoms with van der Waals surface area (Å²) in [6.07, 6.45) is 1.74. The van der Waals surface area contributed by atoms with Crippen LogP contribution in [0.2, 0.25) is 0 Å². The lowest BCUT2D eigenvalue weighted by Gasteiger charge is -2.22. The fraction of sp³-hybridized carbons (Fsp3) is 0.263. The van der Waals surface area contributed by atoms with Gasteiger partial charge in [0.15, 0.2) is 11.5 Å². The molecule has 0 saturated carbocycles. The molecule has 0 bridgehead atoms. The zero-order chi connectivity index (χ0) is 30.6. The Kier molecular flexibility index (Phi) is 9.47. The van der Waals surface area contributed by atoms with Gasteiger partial charge in [0, 0.05) is 11.1 Å². The van der Waals surface area contributed by atoms with Gasteiger partial charge in [-0.05, 0) is 112 Å². The summed E-state index contributed by atoms with van der Waals surface area (Å²) in [4.78, 5) is 27.4. The Morgan fingerprint density at radius 3 is 1.05 bits per heavy atom. The molecule has 4 rings (SSSR count). The van der Waals surface area contributed by atoms with Crippen LogP contribution in [0, 0.1) is 41.5 Å². The van der Waals surface area contributed by atoms with Crippen LogP contribution in [0.15, 0.2) is 72.8 Å². The van der Waals surface area contributed by atoms with Crippen molar-refractivity contribution in [2.75, 3.05) is 0 Å². The molecule has 4 aromatic rings. The van der Waals surface area contributed by atoms with Crippen LogP contribution in [-0.4, -0.2) is 11.9 Å². The number of hydrogen-bond acceptors (Lipinski definition) is 4. The van der Waals surface area contributed by atoms with Gasteiger partial charge in [-0.1, -0.05) is 73.5 Å². The van der Waals surface area contributed by atoms with E-state index in [2.05, 4.69) is 13.8 Å². The van der Waals surface area contributed by atoms with Gasteiger partial charge in [0.1, 0.15) is 0 Å². The molecule has 0 aliphatic carbocycles. The van der Waals surface area contributed by atoms with E-state index in [1.807, 2.05) is 90.1 Å². The Bertz CT molecular complexity index is 1480. The molecule has 0 N–H and O–H groups in total. The third-order valence-corrected chi connectivity index (χ3v) is 7.60. The highest BCUT2D eigenvalue weighted by atomic mass is 16.6. The highest BCUT2D eigenvalue weighted by molar-refractivity contribution is 6.02. The summed E-state index contributed by atoms with van der Waals surface area (Å²) in [6, 6.07) is 23.0. The Morgan fingerprint density at radius 1 is 0.500 bits per heavy atom. The first kappa shape index (κ1) is 30.5. The van der Waals surface area contributed by atoms with Crippen LogP contribution >= 0.6 is 0 Å². The maximum Gasteiger partial charge on any atom is 0.343 e. The van der Waals surface area contributed by atoms with Crippen molar-refractivity contribution in [1.29, 1.82) is 0 Å². The van der Waals surface area contributed by atoms with Crippen molar-refractivity contribution in [2.45, 2.75) is 68.2 Å². The van der Waals surface area contributed by atoms with Crippen LogP contribution < -0.4 is 0 Å². The summed E-state index contributed by atoms with van der Waals surface area (Å²) < 4.78 is 12.6. The van der Waals surface area contributed by atoms with Gasteiger partial charge in [-0.25, -0.2) is 9.59 Å². The molecule has 0 fully saturated rings. The van der Waals surface area contributed by atoms with E-state index in [0.29, 0.717) is 11.1 Å². The lowest BCUT2D eigenvalue weighted by atomic mass is 9.93. The molecule has 216 valence electrons. The lowest BCUT2D eigenvalue weighted by Crippen LogP contribution is -2.14. The zero-order valence-electron chi connectivity index (χ0n) is 26.0. The standard InChI is InChI=1S/C38H40O4/c1-9-29-11-15-31(16-12-29)37(39)41-35(33-25(5)19-23(3)20-26(33)6)36(34-27(7)21-24(4)22-28(34)8)42-38(40)32-17-13-30(10-2)14-18-32/h11-22H,9-10H2,1-8H3. The maximum atomic E-state index is 13.7. The number of benzene rings is 4. The molecule has 0 unspecified atom stereocenters. The third-order valence-electron chi connectivity index (χ3n) is 7.60. The normalized spacial score (nSPS) is 11.6. The summed E-state index contributed by atoms with van der Waals surface area (Å²) in [6.45, 7) is 16.1. The van der Waals surface area contributed by atoms with Crippen molar-refractivity contribution < 1.29 is 19.1 Å². The molecule has 0 aromatic heterocycles. The number of carbonyl (C=O) groups excluding carboxylic acids is 2. The van der Waals surface area contributed by atoms with Crippen molar-refractivity contribution in [1.82, 2.24) is 0 Å². The first-order chi connectivity index (χ1) is 20.0. The Morgan fingerprint density at radius 2 is 0.786 bits per heavy atom. The lowest BCUT2D eigenvalue weighted by molar-refractivity contribution is 0.0646. The van der Waals surface area contributed by atoms with Crippen molar-refractivity contribution in [3.8, 4) is 0 Å². The van der Waals surface area contributed by atoms with Crippen LogP contribution in [0.4, 0.5) is 0 Å². The molecule has 0 aliphatic rings. The summed E-state index contributed by atoms with van der Waals surface area (Å²) >= 11 is 0. The SMILES string of the molecule is CCc1ccc(C(=O)OC(=C(OC(=O)c2ccc(CC)cc2)c2c(C)cc(C)cc2C)c2c(C)cc(C)cc2C)cc1. The van der Waals surface area contributed by atoms with Gasteiger partial charge in [0.05, 0.1) is 11.1 Å². The second-order valence-corrected chi connectivity index (χ2v) is 11.1. The third kappa shape index (κ3) is 6.71. The van der Waals surface area contributed by atoms with Gasteiger partial charge in [-0.2, -0.15) is 0 Å². The minimum absolute atomic E-state index is 0.225. The Balaban J connectivity index is 1.99. The van der Waals surface area contributed by atoms with E-state index in [1.165, 1.54) is 0 Å². The van der Waals surface area contributed by atoms with Crippen LogP contribution in [0.25, 0.3) is 11.5 Å². The molecule has 0 heterocycles. The van der Waals surface area contributed by atoms with E-state index in [0.717, 1.165) is 68.5 Å². The second-order valence-electron chi connectivity index (χ2n) is 11.1. The van der Waals surface area contributed by atoms with E-state index in [-0.39, 0.29) is 11.5 Å². The van der Waals surface area contributed by atoms with Crippen LogP contribution in [0.1, 0.15) is 90.2 Å². The van der Waals surface area contributed by atoms with E-state index in [9.17, 15) is 9.59 Å². The first-order valence-corrected chi connectivity index (χ1v) is 14.5. The fourth-order valence-corrected chi connectivity index (χ4v) is 5.55. The molecule has 0 aliphatic heterocycles. The minimum Gasteiger partial charge on any atom is -0.418 e. The summed E-state index contributed by atoms with van der Waals surface area (Å²) in [5, 5.41) is 0. The predicted molar refractivity (Wildman–Crippen MR) is 171 cm³/mol. The monoisotopic (exact) mass is 560 g/mol. The zero-order valence-corrected chi connectivity index (χ0v) is 26.0. The average molecular weight is 561 g/mol. The van der Waals surface area contributed by atoms with Crippen LogP contribution in [0.5, 0.6) is 0 Å². The van der Waals surface area contributed by atoms with Gasteiger partial charge in [-0.15, -0.1) is 0 Å². The summed E-state index contributed by atoms with van der Waals surface area (Å²) in [5.74, 6) is -0.586. The van der Waals surface area contributed by atoms with Gasteiger partial charge >= 0.3 is 11.9 Å². The molecule has 0 spiro atoms.